The van der Waals surface area contributed by atoms with Crippen molar-refractivity contribution < 1.29 is 4.42 Å². The van der Waals surface area contributed by atoms with Gasteiger partial charge in [-0.15, -0.1) is 0 Å². The van der Waals surface area contributed by atoms with Crippen LogP contribution in [0, 0.1) is 0 Å². The van der Waals surface area contributed by atoms with Gasteiger partial charge in [0, 0.05) is 38.8 Å². The van der Waals surface area contributed by atoms with Gasteiger partial charge in [0.1, 0.15) is 11.2 Å². The summed E-state index contributed by atoms with van der Waals surface area (Å²) in [6.07, 6.45) is 0. The number of para-hydroxylation sites is 2. The number of rotatable bonds is 5. The van der Waals surface area contributed by atoms with Gasteiger partial charge in [-0.25, -0.2) is 0 Å². The lowest BCUT2D eigenvalue weighted by molar-refractivity contribution is 0.660. The molecule has 0 atom stereocenters. The van der Waals surface area contributed by atoms with Crippen LogP contribution in [0.1, 0.15) is 47.2 Å². The van der Waals surface area contributed by atoms with Gasteiger partial charge >= 0.3 is 0 Å². The molecule has 0 amide bonds. The van der Waals surface area contributed by atoms with Crippen LogP contribution in [0.2, 0.25) is 0 Å². The van der Waals surface area contributed by atoms with E-state index in [9.17, 15) is 0 Å². The molecule has 3 aliphatic rings. The fraction of sp³-hybridized carbons (Fsp3) is 0.0625. The smallest absolute Gasteiger partial charge is 0.143 e. The summed E-state index contributed by atoms with van der Waals surface area (Å²) in [5.41, 5.74) is 25.1. The molecule has 0 bridgehead atoms. The molecule has 310 valence electrons. The first-order valence-corrected chi connectivity index (χ1v) is 23.1. The number of fused-ring (bicyclic) bond motifs is 16. The van der Waals surface area contributed by atoms with Gasteiger partial charge in [0.15, 0.2) is 0 Å². The van der Waals surface area contributed by atoms with Crippen LogP contribution in [-0.2, 0) is 10.8 Å². The summed E-state index contributed by atoms with van der Waals surface area (Å²) >= 11 is 0. The van der Waals surface area contributed by atoms with E-state index in [2.05, 4.69) is 237 Å². The second kappa shape index (κ2) is 13.7. The predicted molar refractivity (Wildman–Crippen MR) is 273 cm³/mol. The number of hydrogen-bond acceptors (Lipinski definition) is 2. The Morgan fingerprint density at radius 1 is 0.333 bits per heavy atom. The Morgan fingerprint density at radius 3 is 1.56 bits per heavy atom. The van der Waals surface area contributed by atoms with Gasteiger partial charge in [0.05, 0.1) is 5.41 Å². The van der Waals surface area contributed by atoms with E-state index in [0.29, 0.717) is 0 Å². The first kappa shape index (κ1) is 37.2. The van der Waals surface area contributed by atoms with Gasteiger partial charge in [0.2, 0.25) is 0 Å². The Balaban J connectivity index is 0.962. The molecule has 10 aromatic carbocycles. The molecule has 11 aromatic rings. The number of furan rings is 1. The Bertz CT molecular complexity index is 3750. The third-order valence-electron chi connectivity index (χ3n) is 15.1. The lowest BCUT2D eigenvalue weighted by Gasteiger charge is -2.32. The van der Waals surface area contributed by atoms with Crippen molar-refractivity contribution in [3.8, 4) is 55.6 Å². The van der Waals surface area contributed by atoms with Crippen LogP contribution in [0.15, 0.2) is 229 Å². The number of benzene rings is 10. The molecule has 1 heterocycles. The van der Waals surface area contributed by atoms with Crippen molar-refractivity contribution >= 4 is 39.0 Å². The van der Waals surface area contributed by atoms with Crippen molar-refractivity contribution in [1.29, 1.82) is 0 Å². The highest BCUT2D eigenvalue weighted by Crippen LogP contribution is 2.64. The monoisotopic (exact) mass is 841 g/mol. The summed E-state index contributed by atoms with van der Waals surface area (Å²) in [5.74, 6) is 0. The quantitative estimate of drug-likeness (QED) is 0.172. The van der Waals surface area contributed by atoms with E-state index in [4.69, 9.17) is 4.42 Å². The Kier molecular flexibility index (Phi) is 7.70. The molecule has 1 spiro atoms. The Morgan fingerprint density at radius 2 is 0.833 bits per heavy atom. The zero-order valence-electron chi connectivity index (χ0n) is 36.7. The average Bonchev–Trinajstić information content (AvgIpc) is 4.07. The average molecular weight is 842 g/mol. The van der Waals surface area contributed by atoms with E-state index >= 15 is 0 Å². The molecule has 0 fully saturated rings. The summed E-state index contributed by atoms with van der Waals surface area (Å²) in [6, 6.07) is 83.2. The third kappa shape index (κ3) is 4.96. The molecule has 2 heteroatoms. The van der Waals surface area contributed by atoms with Crippen LogP contribution in [0.4, 0.5) is 17.1 Å². The van der Waals surface area contributed by atoms with E-state index in [1.165, 1.54) is 77.9 Å². The van der Waals surface area contributed by atoms with Crippen molar-refractivity contribution in [3.63, 3.8) is 0 Å². The maximum atomic E-state index is 6.51. The highest BCUT2D eigenvalue weighted by Gasteiger charge is 2.52. The van der Waals surface area contributed by atoms with Gasteiger partial charge in [-0.3, -0.25) is 0 Å². The zero-order valence-corrected chi connectivity index (χ0v) is 36.7. The zero-order chi connectivity index (χ0) is 43.7. The third-order valence-corrected chi connectivity index (χ3v) is 15.1. The molecular formula is C64H43NO. The van der Waals surface area contributed by atoms with Crippen LogP contribution in [0.3, 0.4) is 0 Å². The van der Waals surface area contributed by atoms with Gasteiger partial charge in [-0.05, 0) is 126 Å². The van der Waals surface area contributed by atoms with E-state index in [1.54, 1.807) is 0 Å². The molecule has 0 N–H and O–H groups in total. The summed E-state index contributed by atoms with van der Waals surface area (Å²) in [5, 5.41) is 2.27. The lowest BCUT2D eigenvalue weighted by atomic mass is 9.68. The summed E-state index contributed by atoms with van der Waals surface area (Å²) in [7, 11) is 0. The van der Waals surface area contributed by atoms with Gasteiger partial charge in [-0.2, -0.15) is 0 Å². The fourth-order valence-electron chi connectivity index (χ4n) is 12.3. The molecule has 14 rings (SSSR count). The maximum Gasteiger partial charge on any atom is 0.143 e. The molecule has 0 unspecified atom stereocenters. The number of anilines is 3. The Labute approximate surface area is 384 Å². The molecule has 1 aromatic heterocycles. The van der Waals surface area contributed by atoms with Crippen LogP contribution >= 0.6 is 0 Å². The Hall–Kier alpha value is -8.20. The first-order valence-electron chi connectivity index (χ1n) is 23.1. The van der Waals surface area contributed by atoms with Crippen LogP contribution < -0.4 is 4.90 Å². The number of hydrogen-bond donors (Lipinski definition) is 0. The normalized spacial score (nSPS) is 14.2. The molecule has 3 aliphatic carbocycles. The van der Waals surface area contributed by atoms with Crippen LogP contribution in [0.25, 0.3) is 77.6 Å². The highest BCUT2D eigenvalue weighted by molar-refractivity contribution is 6.09. The molecule has 66 heavy (non-hydrogen) atoms. The molecule has 0 radical (unpaired) electrons. The minimum absolute atomic E-state index is 0.146. The summed E-state index contributed by atoms with van der Waals surface area (Å²) in [4.78, 5) is 2.45. The van der Waals surface area contributed by atoms with E-state index < -0.39 is 5.41 Å². The topological polar surface area (TPSA) is 16.4 Å². The van der Waals surface area contributed by atoms with Gasteiger partial charge in [0.25, 0.3) is 0 Å². The molecule has 0 saturated carbocycles. The van der Waals surface area contributed by atoms with E-state index in [0.717, 1.165) is 50.1 Å². The predicted octanol–water partition coefficient (Wildman–Crippen LogP) is 17.0. The van der Waals surface area contributed by atoms with Crippen molar-refractivity contribution in [2.24, 2.45) is 0 Å². The summed E-state index contributed by atoms with van der Waals surface area (Å²) in [6.45, 7) is 4.73. The van der Waals surface area contributed by atoms with E-state index in [1.807, 2.05) is 6.07 Å². The molecule has 0 aliphatic heterocycles. The van der Waals surface area contributed by atoms with Crippen LogP contribution in [0.5, 0.6) is 0 Å². The van der Waals surface area contributed by atoms with E-state index in [-0.39, 0.29) is 5.41 Å². The minimum atomic E-state index is -0.454. The fourth-order valence-corrected chi connectivity index (χ4v) is 12.3. The first-order chi connectivity index (χ1) is 32.5. The van der Waals surface area contributed by atoms with Crippen molar-refractivity contribution in [3.05, 3.63) is 258 Å². The second-order valence-corrected chi connectivity index (χ2v) is 18.7. The SMILES string of the molecule is CC1(C)c2ccccc2-c2ccc(N(c3ccc(-c4cccc5c4oc4ccccc45)cc3)c3cccc(-c4cccc5c4C4(c6ccccc6-c6ccccc64)c4ccccc4-5)c3)cc21. The molecular weight excluding hydrogens is 799 g/mol. The van der Waals surface area contributed by atoms with Gasteiger partial charge < -0.3 is 9.32 Å². The molecule has 2 nitrogen and oxygen atoms in total. The van der Waals surface area contributed by atoms with Gasteiger partial charge in [-0.1, -0.05) is 196 Å². The van der Waals surface area contributed by atoms with Crippen molar-refractivity contribution in [2.45, 2.75) is 24.7 Å². The standard InChI is InChI=1S/C64H43NO/c1-63(2)55-27-8-3-18-47(55)51-37-36-44(39-59(51)63)65(42-34-32-40(33-35-42)46-24-15-26-54-52-22-7-12-31-60(52)66-62(46)54)43-17-13-16-41(38-43)45-23-14-25-53-50-21-6-11-30-58(50)64(61(45)53)56-28-9-4-19-48(56)49-20-5-10-29-57(49)64/h3-39H,1-2H3. The largest absolute Gasteiger partial charge is 0.455 e. The maximum absolute atomic E-state index is 6.51. The minimum Gasteiger partial charge on any atom is -0.455 e. The molecule has 0 saturated heterocycles. The number of nitrogens with zero attached hydrogens (tertiary/aromatic N) is 1. The summed E-state index contributed by atoms with van der Waals surface area (Å²) < 4.78 is 6.51. The van der Waals surface area contributed by atoms with Crippen LogP contribution in [-0.4, -0.2) is 0 Å². The second-order valence-electron chi connectivity index (χ2n) is 18.7. The van der Waals surface area contributed by atoms with Crippen molar-refractivity contribution in [2.75, 3.05) is 4.90 Å². The van der Waals surface area contributed by atoms with Crippen molar-refractivity contribution in [1.82, 2.24) is 0 Å². The highest BCUT2D eigenvalue weighted by atomic mass is 16.3. The lowest BCUT2D eigenvalue weighted by Crippen LogP contribution is -2.26.